The Hall–Kier alpha value is -3.68. The van der Waals surface area contributed by atoms with Crippen LogP contribution in [0.3, 0.4) is 0 Å². The standard InChI is InChI=1S/C22H22N4O4/c1-30-16-5-2-4-14(10-16)11-20(28)26-9-7-15(13-26)21-24-18(12-19(27)25-21)17-6-3-8-23-22(17)29/h2-6,8,10,12,15H,7,9,11,13H2,1H3,(H,23,29)(H,24,25,27). The van der Waals surface area contributed by atoms with Crippen LogP contribution < -0.4 is 15.9 Å². The molecule has 8 nitrogen and oxygen atoms in total. The molecule has 0 aliphatic carbocycles. The number of hydrogen-bond acceptors (Lipinski definition) is 5. The largest absolute Gasteiger partial charge is 0.497 e. The minimum atomic E-state index is -0.320. The van der Waals surface area contributed by atoms with Gasteiger partial charge in [-0.25, -0.2) is 4.98 Å². The predicted octanol–water partition coefficient (Wildman–Crippen LogP) is 1.69. The summed E-state index contributed by atoms with van der Waals surface area (Å²) in [6.45, 7) is 1.06. The Morgan fingerprint density at radius 1 is 1.23 bits per heavy atom. The van der Waals surface area contributed by atoms with E-state index in [9.17, 15) is 14.4 Å². The molecular formula is C22H22N4O4. The van der Waals surface area contributed by atoms with Crippen LogP contribution in [0.1, 0.15) is 23.7 Å². The first-order valence-corrected chi connectivity index (χ1v) is 9.73. The maximum absolute atomic E-state index is 12.7. The minimum Gasteiger partial charge on any atom is -0.497 e. The van der Waals surface area contributed by atoms with E-state index in [1.165, 1.54) is 12.3 Å². The molecule has 3 heterocycles. The van der Waals surface area contributed by atoms with Crippen LogP contribution >= 0.6 is 0 Å². The Balaban J connectivity index is 1.50. The van der Waals surface area contributed by atoms with Crippen LogP contribution in [0, 0.1) is 0 Å². The lowest BCUT2D eigenvalue weighted by Gasteiger charge is -2.17. The molecule has 1 fully saturated rings. The van der Waals surface area contributed by atoms with Crippen molar-refractivity contribution < 1.29 is 9.53 Å². The number of aromatic amines is 2. The fraction of sp³-hybridized carbons (Fsp3) is 0.273. The first kappa shape index (κ1) is 19.6. The van der Waals surface area contributed by atoms with Gasteiger partial charge < -0.3 is 19.6 Å². The molecule has 1 aliphatic rings. The molecule has 154 valence electrons. The SMILES string of the molecule is COc1cccc(CC(=O)N2CCC(c3nc(-c4ccc[nH]c4=O)cc(=O)[nH]3)C2)c1. The molecule has 3 aromatic rings. The molecule has 4 rings (SSSR count). The van der Waals surface area contributed by atoms with E-state index in [2.05, 4.69) is 15.0 Å². The highest BCUT2D eigenvalue weighted by molar-refractivity contribution is 5.79. The number of ether oxygens (including phenoxy) is 1. The maximum Gasteiger partial charge on any atom is 0.257 e. The summed E-state index contributed by atoms with van der Waals surface area (Å²) in [6.07, 6.45) is 2.51. The third kappa shape index (κ3) is 4.17. The highest BCUT2D eigenvalue weighted by Gasteiger charge is 2.29. The summed E-state index contributed by atoms with van der Waals surface area (Å²) >= 11 is 0. The van der Waals surface area contributed by atoms with Gasteiger partial charge in [-0.15, -0.1) is 0 Å². The van der Waals surface area contributed by atoms with Gasteiger partial charge >= 0.3 is 0 Å². The quantitative estimate of drug-likeness (QED) is 0.670. The minimum absolute atomic E-state index is 0.0174. The number of carbonyl (C=O) groups excluding carboxylic acids is 1. The number of pyridine rings is 1. The van der Waals surface area contributed by atoms with Gasteiger partial charge in [-0.3, -0.25) is 14.4 Å². The Bertz CT molecular complexity index is 1180. The smallest absolute Gasteiger partial charge is 0.257 e. The van der Waals surface area contributed by atoms with Crippen LogP contribution in [-0.4, -0.2) is 46.0 Å². The average Bonchev–Trinajstić information content (AvgIpc) is 3.24. The molecule has 0 radical (unpaired) electrons. The zero-order chi connectivity index (χ0) is 21.1. The van der Waals surface area contributed by atoms with Crippen molar-refractivity contribution >= 4 is 5.91 Å². The van der Waals surface area contributed by atoms with Gasteiger partial charge in [-0.05, 0) is 36.2 Å². The van der Waals surface area contributed by atoms with E-state index in [1.807, 2.05) is 24.3 Å². The molecule has 1 saturated heterocycles. The number of aromatic nitrogens is 3. The van der Waals surface area contributed by atoms with Crippen molar-refractivity contribution in [2.45, 2.75) is 18.8 Å². The van der Waals surface area contributed by atoms with E-state index in [0.29, 0.717) is 42.3 Å². The van der Waals surface area contributed by atoms with Crippen molar-refractivity contribution in [1.29, 1.82) is 0 Å². The fourth-order valence-electron chi connectivity index (χ4n) is 3.71. The fourth-order valence-corrected chi connectivity index (χ4v) is 3.71. The van der Waals surface area contributed by atoms with Crippen molar-refractivity contribution in [3.63, 3.8) is 0 Å². The molecule has 2 aromatic heterocycles. The molecule has 30 heavy (non-hydrogen) atoms. The van der Waals surface area contributed by atoms with Crippen molar-refractivity contribution in [3.05, 3.63) is 80.8 Å². The Labute approximate surface area is 172 Å². The topological polar surface area (TPSA) is 108 Å². The molecule has 0 bridgehead atoms. The zero-order valence-electron chi connectivity index (χ0n) is 16.6. The van der Waals surface area contributed by atoms with Crippen molar-refractivity contribution in [2.24, 2.45) is 0 Å². The number of hydrogen-bond donors (Lipinski definition) is 2. The van der Waals surface area contributed by atoms with E-state index < -0.39 is 0 Å². The summed E-state index contributed by atoms with van der Waals surface area (Å²) in [6, 6.07) is 12.1. The highest BCUT2D eigenvalue weighted by Crippen LogP contribution is 2.26. The van der Waals surface area contributed by atoms with Crippen LogP contribution in [0.4, 0.5) is 0 Å². The number of H-pyrrole nitrogens is 2. The van der Waals surface area contributed by atoms with Gasteiger partial charge in [0.05, 0.1) is 24.8 Å². The van der Waals surface area contributed by atoms with Crippen molar-refractivity contribution in [3.8, 4) is 17.0 Å². The number of rotatable bonds is 5. The zero-order valence-corrected chi connectivity index (χ0v) is 16.6. The third-order valence-electron chi connectivity index (χ3n) is 5.27. The number of carbonyl (C=O) groups is 1. The van der Waals surface area contributed by atoms with Crippen LogP contribution in [0.15, 0.2) is 58.3 Å². The van der Waals surface area contributed by atoms with Gasteiger partial charge in [-0.1, -0.05) is 12.1 Å². The van der Waals surface area contributed by atoms with Crippen LogP contribution in [-0.2, 0) is 11.2 Å². The lowest BCUT2D eigenvalue weighted by Crippen LogP contribution is -2.30. The first-order chi connectivity index (χ1) is 14.5. The second kappa shape index (κ2) is 8.36. The monoisotopic (exact) mass is 406 g/mol. The van der Waals surface area contributed by atoms with E-state index in [1.54, 1.807) is 24.1 Å². The van der Waals surface area contributed by atoms with Gasteiger partial charge in [0.1, 0.15) is 11.6 Å². The highest BCUT2D eigenvalue weighted by atomic mass is 16.5. The molecule has 1 unspecified atom stereocenters. The molecular weight excluding hydrogens is 384 g/mol. The number of amides is 1. The van der Waals surface area contributed by atoms with Crippen molar-refractivity contribution in [1.82, 2.24) is 19.9 Å². The molecule has 8 heteroatoms. The normalized spacial score (nSPS) is 15.9. The van der Waals surface area contributed by atoms with E-state index in [-0.39, 0.29) is 29.4 Å². The molecule has 0 saturated carbocycles. The summed E-state index contributed by atoms with van der Waals surface area (Å²) < 4.78 is 5.21. The summed E-state index contributed by atoms with van der Waals surface area (Å²) in [5, 5.41) is 0. The Morgan fingerprint density at radius 2 is 2.10 bits per heavy atom. The summed E-state index contributed by atoms with van der Waals surface area (Å²) in [4.78, 5) is 48.6. The maximum atomic E-state index is 12.7. The van der Waals surface area contributed by atoms with E-state index in [0.717, 1.165) is 5.56 Å². The first-order valence-electron chi connectivity index (χ1n) is 9.73. The number of nitrogens with zero attached hydrogens (tertiary/aromatic N) is 2. The van der Waals surface area contributed by atoms with Gasteiger partial charge in [0.2, 0.25) is 5.91 Å². The number of benzene rings is 1. The van der Waals surface area contributed by atoms with Gasteiger partial charge in [0, 0.05) is 31.3 Å². The van der Waals surface area contributed by atoms with Crippen LogP contribution in [0.25, 0.3) is 11.3 Å². The van der Waals surface area contributed by atoms with Crippen LogP contribution in [0.2, 0.25) is 0 Å². The second-order valence-electron chi connectivity index (χ2n) is 7.28. The second-order valence-corrected chi connectivity index (χ2v) is 7.28. The molecule has 1 atom stereocenters. The molecule has 0 spiro atoms. The Kier molecular flexibility index (Phi) is 5.47. The lowest BCUT2D eigenvalue weighted by molar-refractivity contribution is -0.129. The summed E-state index contributed by atoms with van der Waals surface area (Å²) in [5.41, 5.74) is 0.938. The van der Waals surface area contributed by atoms with E-state index in [4.69, 9.17) is 4.74 Å². The molecule has 1 aromatic carbocycles. The Morgan fingerprint density at radius 3 is 2.90 bits per heavy atom. The predicted molar refractivity (Wildman–Crippen MR) is 112 cm³/mol. The summed E-state index contributed by atoms with van der Waals surface area (Å²) in [5.74, 6) is 1.14. The number of nitrogens with one attached hydrogen (secondary N) is 2. The van der Waals surface area contributed by atoms with Gasteiger partial charge in [0.25, 0.3) is 11.1 Å². The van der Waals surface area contributed by atoms with E-state index >= 15 is 0 Å². The molecule has 1 aliphatic heterocycles. The number of likely N-dealkylation sites (tertiary alicyclic amines) is 1. The van der Waals surface area contributed by atoms with Crippen LogP contribution in [0.5, 0.6) is 5.75 Å². The van der Waals surface area contributed by atoms with Gasteiger partial charge in [-0.2, -0.15) is 0 Å². The third-order valence-corrected chi connectivity index (χ3v) is 5.27. The molecule has 2 N–H and O–H groups in total. The lowest BCUT2D eigenvalue weighted by atomic mass is 10.1. The summed E-state index contributed by atoms with van der Waals surface area (Å²) in [7, 11) is 1.59. The average molecular weight is 406 g/mol. The van der Waals surface area contributed by atoms with Crippen molar-refractivity contribution in [2.75, 3.05) is 20.2 Å². The van der Waals surface area contributed by atoms with Gasteiger partial charge in [0.15, 0.2) is 0 Å². The molecule has 1 amide bonds. The number of methoxy groups -OCH3 is 1.